The number of hydrogen-bond donors (Lipinski definition) is 3. The molecule has 2 aliphatic rings. The monoisotopic (exact) mass is 399 g/mol. The summed E-state index contributed by atoms with van der Waals surface area (Å²) in [7, 11) is 0.905. The van der Waals surface area contributed by atoms with Gasteiger partial charge in [0.25, 0.3) is 11.6 Å². The van der Waals surface area contributed by atoms with Crippen LogP contribution in [0, 0.1) is 0 Å². The topological polar surface area (TPSA) is 148 Å². The van der Waals surface area contributed by atoms with Crippen molar-refractivity contribution >= 4 is 35.6 Å². The van der Waals surface area contributed by atoms with Gasteiger partial charge in [-0.2, -0.15) is 13.2 Å². The third kappa shape index (κ3) is 3.16. The van der Waals surface area contributed by atoms with E-state index in [2.05, 4.69) is 4.74 Å². The van der Waals surface area contributed by atoms with Gasteiger partial charge in [0, 0.05) is 18.4 Å². The number of carbonyl (C=O) groups excluding carboxylic acids is 3. The molecule has 14 heteroatoms. The minimum Gasteiger partial charge on any atom is -0.477 e. The van der Waals surface area contributed by atoms with Crippen molar-refractivity contribution < 1.29 is 46.9 Å². The van der Waals surface area contributed by atoms with Gasteiger partial charge in [-0.25, -0.2) is 9.59 Å². The van der Waals surface area contributed by atoms with Crippen LogP contribution in [0.3, 0.4) is 0 Å². The number of carboxylic acid groups (broad SMARTS) is 1. The normalized spacial score (nSPS) is 25.3. The fraction of sp³-hybridized carbons (Fsp3) is 0.500. The van der Waals surface area contributed by atoms with E-state index in [0.717, 1.165) is 18.9 Å². The second-order valence-electron chi connectivity index (χ2n) is 5.10. The molecule has 0 aliphatic carbocycles. The van der Waals surface area contributed by atoms with E-state index in [1.165, 1.54) is 5.32 Å². The molecule has 4 N–H and O–H groups in total. The third-order valence-electron chi connectivity index (χ3n) is 3.58. The molecule has 2 rings (SSSR count). The number of amides is 3. The number of nitrogens with zero attached hydrogens (tertiary/aromatic N) is 1. The predicted octanol–water partition coefficient (Wildman–Crippen LogP) is -0.643. The van der Waals surface area contributed by atoms with E-state index < -0.39 is 53.5 Å². The second kappa shape index (κ2) is 6.68. The summed E-state index contributed by atoms with van der Waals surface area (Å²) in [5.74, 6) is -5.30. The van der Waals surface area contributed by atoms with Crippen LogP contribution in [0.5, 0.6) is 0 Å². The smallest absolute Gasteiger partial charge is 0.471 e. The summed E-state index contributed by atoms with van der Waals surface area (Å²) in [4.78, 5) is 46.4. The first-order valence-electron chi connectivity index (χ1n) is 6.73. The van der Waals surface area contributed by atoms with Crippen molar-refractivity contribution in [1.82, 2.24) is 10.2 Å². The second-order valence-corrected chi connectivity index (χ2v) is 6.16. The lowest BCUT2D eigenvalue weighted by Crippen LogP contribution is -2.81. The van der Waals surface area contributed by atoms with Gasteiger partial charge in [0.2, 0.25) is 0 Å². The minimum atomic E-state index is -5.27. The molecule has 0 aromatic rings. The lowest BCUT2D eigenvalue weighted by molar-refractivity contribution is -0.204. The molecule has 10 nitrogen and oxygen atoms in total. The number of β-lactam (4-membered cyclic amide) rings is 1. The van der Waals surface area contributed by atoms with Crippen molar-refractivity contribution in [2.45, 2.75) is 17.3 Å². The molecule has 1 unspecified atom stereocenters. The number of primary amides is 1. The van der Waals surface area contributed by atoms with Gasteiger partial charge in [-0.05, 0) is 0 Å². The number of nitrogens with two attached hydrogens (primary N) is 1. The molecule has 0 saturated carbocycles. The van der Waals surface area contributed by atoms with E-state index in [0.29, 0.717) is 4.90 Å². The summed E-state index contributed by atoms with van der Waals surface area (Å²) in [5.41, 5.74) is 1.87. The molecular weight excluding hydrogens is 387 g/mol. The lowest BCUT2D eigenvalue weighted by atomic mass is 9.98. The minimum absolute atomic E-state index is 0.0118. The molecule has 2 heterocycles. The third-order valence-corrected chi connectivity index (χ3v) is 4.95. The SMILES string of the molecule is COC1(NC(=O)C(F)(F)F)C(=O)N2C(C(=O)O)=C(COC(N)=O)CS[C@H]21. The van der Waals surface area contributed by atoms with Gasteiger partial charge in [0.05, 0.1) is 0 Å². The number of alkyl halides is 3. The van der Waals surface area contributed by atoms with E-state index in [4.69, 9.17) is 10.5 Å². The Bertz CT molecular complexity index is 711. The van der Waals surface area contributed by atoms with Gasteiger partial charge in [-0.3, -0.25) is 14.5 Å². The number of methoxy groups -OCH3 is 1. The Morgan fingerprint density at radius 2 is 2.08 bits per heavy atom. The number of carboxylic acids is 1. The zero-order valence-electron chi connectivity index (χ0n) is 13.0. The lowest BCUT2D eigenvalue weighted by Gasteiger charge is -2.55. The van der Waals surface area contributed by atoms with Crippen LogP contribution >= 0.6 is 11.8 Å². The number of halogens is 3. The first-order valence-corrected chi connectivity index (χ1v) is 7.78. The van der Waals surface area contributed by atoms with Crippen LogP contribution in [0.1, 0.15) is 0 Å². The molecule has 0 aromatic heterocycles. The summed E-state index contributed by atoms with van der Waals surface area (Å²) >= 11 is 0.826. The van der Waals surface area contributed by atoms with Crippen LogP contribution < -0.4 is 11.1 Å². The zero-order chi connectivity index (χ0) is 19.9. The summed E-state index contributed by atoms with van der Waals surface area (Å²) < 4.78 is 46.8. The highest BCUT2D eigenvalue weighted by Gasteiger charge is 2.68. The first-order chi connectivity index (χ1) is 12.0. The van der Waals surface area contributed by atoms with Gasteiger partial charge >= 0.3 is 24.1 Å². The molecule has 2 atom stereocenters. The fourth-order valence-corrected chi connectivity index (χ4v) is 3.87. The van der Waals surface area contributed by atoms with Crippen molar-refractivity contribution in [2.75, 3.05) is 19.5 Å². The molecule has 144 valence electrons. The molecule has 0 aromatic carbocycles. The fourth-order valence-electron chi connectivity index (χ4n) is 2.45. The Balaban J connectivity index is 2.34. The van der Waals surface area contributed by atoms with Gasteiger partial charge in [0.15, 0.2) is 0 Å². The Morgan fingerprint density at radius 3 is 2.54 bits per heavy atom. The molecule has 26 heavy (non-hydrogen) atoms. The number of fused-ring (bicyclic) bond motifs is 1. The van der Waals surface area contributed by atoms with Crippen LogP contribution in [0.25, 0.3) is 0 Å². The van der Waals surface area contributed by atoms with Crippen LogP contribution in [-0.2, 0) is 23.9 Å². The molecule has 2 aliphatic heterocycles. The van der Waals surface area contributed by atoms with Crippen LogP contribution in [-0.4, -0.2) is 70.6 Å². The highest BCUT2D eigenvalue weighted by molar-refractivity contribution is 8.00. The largest absolute Gasteiger partial charge is 0.477 e. The number of ether oxygens (including phenoxy) is 2. The Labute approximate surface area is 147 Å². The van der Waals surface area contributed by atoms with E-state index in [1.54, 1.807) is 0 Å². The van der Waals surface area contributed by atoms with Gasteiger partial charge in [-0.1, -0.05) is 0 Å². The number of carbonyl (C=O) groups is 4. The molecule has 1 fully saturated rings. The quantitative estimate of drug-likeness (QED) is 0.408. The predicted molar refractivity (Wildman–Crippen MR) is 77.2 cm³/mol. The summed E-state index contributed by atoms with van der Waals surface area (Å²) in [6.45, 7) is -0.518. The maximum Gasteiger partial charge on any atom is 0.471 e. The van der Waals surface area contributed by atoms with Gasteiger partial charge in [0.1, 0.15) is 17.7 Å². The van der Waals surface area contributed by atoms with Gasteiger partial charge in [-0.15, -0.1) is 11.8 Å². The van der Waals surface area contributed by atoms with Crippen molar-refractivity contribution in [3.05, 3.63) is 11.3 Å². The van der Waals surface area contributed by atoms with Crippen molar-refractivity contribution in [3.8, 4) is 0 Å². The van der Waals surface area contributed by atoms with Crippen LogP contribution in [0.4, 0.5) is 18.0 Å². The number of aliphatic carboxylic acids is 1. The molecule has 3 amide bonds. The number of hydrogen-bond acceptors (Lipinski definition) is 7. The van der Waals surface area contributed by atoms with Crippen LogP contribution in [0.15, 0.2) is 11.3 Å². The highest BCUT2D eigenvalue weighted by atomic mass is 32.2. The maximum absolute atomic E-state index is 12.5. The average Bonchev–Trinajstić information content (AvgIpc) is 2.55. The first kappa shape index (κ1) is 19.8. The van der Waals surface area contributed by atoms with E-state index >= 15 is 0 Å². The summed E-state index contributed by atoms with van der Waals surface area (Å²) in [6.07, 6.45) is -6.44. The zero-order valence-corrected chi connectivity index (χ0v) is 13.8. The Kier molecular flexibility index (Phi) is 5.10. The molecular formula is C12H12F3N3O7S. The van der Waals surface area contributed by atoms with E-state index in [1.807, 2.05) is 0 Å². The van der Waals surface area contributed by atoms with E-state index in [-0.39, 0.29) is 11.3 Å². The van der Waals surface area contributed by atoms with Crippen LogP contribution in [0.2, 0.25) is 0 Å². The molecule has 0 bridgehead atoms. The molecule has 1 saturated heterocycles. The summed E-state index contributed by atoms with van der Waals surface area (Å²) in [5, 5.41) is 9.55. The standard InChI is InChI=1S/C12H12F3N3O7S/c1-24-11(17-7(21)12(13,14)15)8(22)18-5(6(19)20)4(2-25-10(16)23)3-26-9(11)18/h9H,2-3H2,1H3,(H2,16,23)(H,17,21)(H,19,20)/t9-,11?/m0/s1. The average molecular weight is 399 g/mol. The van der Waals surface area contributed by atoms with E-state index in [9.17, 15) is 37.5 Å². The van der Waals surface area contributed by atoms with Gasteiger partial charge < -0.3 is 25.6 Å². The Hall–Kier alpha value is -2.48. The van der Waals surface area contributed by atoms with Crippen molar-refractivity contribution in [1.29, 1.82) is 0 Å². The summed E-state index contributed by atoms with van der Waals surface area (Å²) in [6, 6.07) is 0. The Morgan fingerprint density at radius 1 is 1.46 bits per heavy atom. The van der Waals surface area contributed by atoms with Crippen molar-refractivity contribution in [3.63, 3.8) is 0 Å². The number of rotatable bonds is 5. The maximum atomic E-state index is 12.5. The number of thioether (sulfide) groups is 1. The molecule has 0 radical (unpaired) electrons. The van der Waals surface area contributed by atoms with Crippen molar-refractivity contribution in [2.24, 2.45) is 5.73 Å². The highest BCUT2D eigenvalue weighted by Crippen LogP contribution is 2.46. The molecule has 0 spiro atoms. The number of nitrogens with one attached hydrogen (secondary N) is 1.